The van der Waals surface area contributed by atoms with Crippen molar-refractivity contribution < 1.29 is 129 Å². The zero-order chi connectivity index (χ0) is 42.0. The maximum atomic E-state index is 11.4. The molecular formula is C31H54O26. The normalized spacial score (nSPS) is 52.5. The number of aliphatic hydroxyl groups is 16. The summed E-state index contributed by atoms with van der Waals surface area (Å²) in [6.07, 6.45) is -44.8. The molecule has 16 N–H and O–H groups in total. The van der Waals surface area contributed by atoms with E-state index < -0.39 is 187 Å². The molecule has 25 atom stereocenters. The average molecular weight is 843 g/mol. The first-order chi connectivity index (χ1) is 27.0. The highest BCUT2D eigenvalue weighted by Gasteiger charge is 2.56. The van der Waals surface area contributed by atoms with Gasteiger partial charge in [0, 0.05) is 7.11 Å². The van der Waals surface area contributed by atoms with Gasteiger partial charge in [0.25, 0.3) is 0 Å². The number of aliphatic hydroxyl groups excluding tert-OH is 16. The van der Waals surface area contributed by atoms with Crippen molar-refractivity contribution in [2.75, 3.05) is 40.1 Å². The summed E-state index contributed by atoms with van der Waals surface area (Å²) in [7, 11) is 1.18. The molecule has 5 saturated heterocycles. The minimum absolute atomic E-state index is 0.730. The van der Waals surface area contributed by atoms with Crippen LogP contribution in [0.4, 0.5) is 0 Å². The van der Waals surface area contributed by atoms with Gasteiger partial charge in [0.05, 0.1) is 33.0 Å². The van der Waals surface area contributed by atoms with Crippen molar-refractivity contribution in [1.29, 1.82) is 0 Å². The highest BCUT2D eigenvalue weighted by atomic mass is 16.8. The van der Waals surface area contributed by atoms with E-state index in [9.17, 15) is 81.7 Å². The molecule has 0 saturated carbocycles. The lowest BCUT2D eigenvalue weighted by Gasteiger charge is -2.49. The Balaban J connectivity index is 1.35. The molecule has 0 bridgehead atoms. The van der Waals surface area contributed by atoms with Crippen LogP contribution in [0.15, 0.2) is 0 Å². The molecule has 5 heterocycles. The molecule has 0 aromatic rings. The molecule has 26 heteroatoms. The smallest absolute Gasteiger partial charge is 0.187 e. The molecule has 0 spiro atoms. The van der Waals surface area contributed by atoms with Crippen LogP contribution in [0.25, 0.3) is 0 Å². The molecule has 0 amide bonds. The molecule has 26 nitrogen and oxygen atoms in total. The van der Waals surface area contributed by atoms with Crippen LogP contribution in [0, 0.1) is 0 Å². The van der Waals surface area contributed by atoms with Gasteiger partial charge >= 0.3 is 0 Å². The fourth-order valence-corrected chi connectivity index (χ4v) is 7.20. The SMILES string of the molecule is COC1C(CO)OC(OC2C(COC3OC(CO)[C@H](O)[C@H](O)C3O)OC(OC3C(CO)OC(OC4C(CO)OC(O)C(O)[C@H]4O)C(O)C3O)C(O)[C@H]2O)C(O)C1O. The number of ether oxygens (including phenoxy) is 10. The molecule has 0 aromatic carbocycles. The Morgan fingerprint density at radius 1 is 0.351 bits per heavy atom. The lowest BCUT2D eigenvalue weighted by molar-refractivity contribution is -0.391. The van der Waals surface area contributed by atoms with Crippen molar-refractivity contribution in [2.24, 2.45) is 0 Å². The summed E-state index contributed by atoms with van der Waals surface area (Å²) in [6, 6.07) is 0. The summed E-state index contributed by atoms with van der Waals surface area (Å²) in [4.78, 5) is 0. The van der Waals surface area contributed by atoms with Gasteiger partial charge in [-0.15, -0.1) is 0 Å². The first-order valence-electron chi connectivity index (χ1n) is 18.0. The Kier molecular flexibility index (Phi) is 16.7. The Hall–Kier alpha value is -1.04. The highest BCUT2D eigenvalue weighted by Crippen LogP contribution is 2.35. The van der Waals surface area contributed by atoms with Gasteiger partial charge < -0.3 is 129 Å². The Labute approximate surface area is 323 Å². The van der Waals surface area contributed by atoms with Crippen LogP contribution >= 0.6 is 0 Å². The minimum Gasteiger partial charge on any atom is -0.394 e. The first kappa shape index (κ1) is 47.0. The maximum absolute atomic E-state index is 11.4. The predicted molar refractivity (Wildman–Crippen MR) is 171 cm³/mol. The number of methoxy groups -OCH3 is 1. The minimum atomic E-state index is -2.14. The fourth-order valence-electron chi connectivity index (χ4n) is 7.20. The summed E-state index contributed by atoms with van der Waals surface area (Å²) in [5.41, 5.74) is 0. The summed E-state index contributed by atoms with van der Waals surface area (Å²) < 4.78 is 55.1. The topological polar surface area (TPSA) is 416 Å². The second-order valence-corrected chi connectivity index (χ2v) is 14.2. The molecule has 5 rings (SSSR count). The predicted octanol–water partition coefficient (Wildman–Crippen LogP) is -11.3. The maximum Gasteiger partial charge on any atom is 0.187 e. The molecule has 0 radical (unpaired) electrons. The van der Waals surface area contributed by atoms with Crippen molar-refractivity contribution in [3.05, 3.63) is 0 Å². The molecule has 5 aliphatic heterocycles. The largest absolute Gasteiger partial charge is 0.394 e. The average Bonchev–Trinajstić information content (AvgIpc) is 3.20. The molecule has 5 fully saturated rings. The van der Waals surface area contributed by atoms with E-state index in [0.29, 0.717) is 0 Å². The van der Waals surface area contributed by atoms with Crippen LogP contribution in [0.2, 0.25) is 0 Å². The van der Waals surface area contributed by atoms with E-state index in [1.54, 1.807) is 0 Å². The Bertz CT molecular complexity index is 1220. The van der Waals surface area contributed by atoms with Gasteiger partial charge in [-0.2, -0.15) is 0 Å². The highest BCUT2D eigenvalue weighted by molar-refractivity contribution is 4.98. The van der Waals surface area contributed by atoms with E-state index in [2.05, 4.69) is 0 Å². The molecule has 5 aliphatic rings. The third kappa shape index (κ3) is 9.72. The van der Waals surface area contributed by atoms with Crippen molar-refractivity contribution in [3.8, 4) is 0 Å². The van der Waals surface area contributed by atoms with Gasteiger partial charge in [0.1, 0.15) is 122 Å². The number of hydrogen-bond acceptors (Lipinski definition) is 26. The second kappa shape index (κ2) is 20.2. The van der Waals surface area contributed by atoms with Crippen molar-refractivity contribution in [3.63, 3.8) is 0 Å². The zero-order valence-corrected chi connectivity index (χ0v) is 30.2. The molecule has 0 aromatic heterocycles. The van der Waals surface area contributed by atoms with Gasteiger partial charge in [-0.1, -0.05) is 0 Å². The van der Waals surface area contributed by atoms with E-state index in [0.717, 1.165) is 0 Å². The van der Waals surface area contributed by atoms with Gasteiger partial charge in [0.2, 0.25) is 0 Å². The summed E-state index contributed by atoms with van der Waals surface area (Å²) in [5, 5.41) is 167. The van der Waals surface area contributed by atoms with Gasteiger partial charge in [0.15, 0.2) is 31.5 Å². The first-order valence-corrected chi connectivity index (χ1v) is 18.0. The number of hydrogen-bond donors (Lipinski definition) is 16. The van der Waals surface area contributed by atoms with Gasteiger partial charge in [-0.3, -0.25) is 0 Å². The lowest BCUT2D eigenvalue weighted by Crippen LogP contribution is -2.67. The summed E-state index contributed by atoms with van der Waals surface area (Å²) in [5.74, 6) is 0. The van der Waals surface area contributed by atoms with Crippen LogP contribution in [0.5, 0.6) is 0 Å². The third-order valence-corrected chi connectivity index (χ3v) is 10.5. The zero-order valence-electron chi connectivity index (χ0n) is 30.2. The van der Waals surface area contributed by atoms with Crippen molar-refractivity contribution in [1.82, 2.24) is 0 Å². The van der Waals surface area contributed by atoms with Crippen LogP contribution in [0.1, 0.15) is 0 Å². The third-order valence-electron chi connectivity index (χ3n) is 10.5. The van der Waals surface area contributed by atoms with Crippen molar-refractivity contribution in [2.45, 2.75) is 154 Å². The number of rotatable bonds is 14. The quantitative estimate of drug-likeness (QED) is 0.0772. The van der Waals surface area contributed by atoms with Gasteiger partial charge in [-0.05, 0) is 0 Å². The van der Waals surface area contributed by atoms with Crippen LogP contribution in [-0.2, 0) is 47.4 Å². The van der Waals surface area contributed by atoms with Crippen LogP contribution in [0.3, 0.4) is 0 Å². The molecular weight excluding hydrogens is 788 g/mol. The molecule has 21 unspecified atom stereocenters. The standard InChI is InChI=1S/C31H54O26/c1-48-23-8(3-33)52-29(20(44)15(23)39)57-26-11(6-49-28-19(43)13(37)12(36)7(2-32)51-28)54-31(22(46)17(26)41)56-25-10(5-35)53-30(21(45)16(25)40)55-24-9(4-34)50-27(47)18(42)14(24)38/h7-47H,2-6H2,1H3/t7?,8?,9?,10?,11?,12-,13-,14+,15?,16?,17+,18?,19?,20?,21?,22?,23?,24?,25?,26?,27?,28?,29?,30?,31?/m0/s1. The van der Waals surface area contributed by atoms with E-state index in [1.165, 1.54) is 7.11 Å². The summed E-state index contributed by atoms with van der Waals surface area (Å²) >= 11 is 0. The van der Waals surface area contributed by atoms with Crippen molar-refractivity contribution >= 4 is 0 Å². The molecule has 57 heavy (non-hydrogen) atoms. The van der Waals surface area contributed by atoms with Gasteiger partial charge in [-0.25, -0.2) is 0 Å². The molecule has 0 aliphatic carbocycles. The van der Waals surface area contributed by atoms with E-state index in [-0.39, 0.29) is 0 Å². The Morgan fingerprint density at radius 2 is 0.702 bits per heavy atom. The van der Waals surface area contributed by atoms with Crippen LogP contribution in [-0.4, -0.2) is 275 Å². The van der Waals surface area contributed by atoms with E-state index in [1.807, 2.05) is 0 Å². The van der Waals surface area contributed by atoms with E-state index >= 15 is 0 Å². The second-order valence-electron chi connectivity index (χ2n) is 14.2. The Morgan fingerprint density at radius 3 is 1.16 bits per heavy atom. The van der Waals surface area contributed by atoms with Crippen LogP contribution < -0.4 is 0 Å². The monoisotopic (exact) mass is 842 g/mol. The fraction of sp³-hybridized carbons (Fsp3) is 1.00. The van der Waals surface area contributed by atoms with E-state index in [4.69, 9.17) is 47.4 Å². The molecule has 334 valence electrons. The lowest BCUT2D eigenvalue weighted by atomic mass is 9.95. The summed E-state index contributed by atoms with van der Waals surface area (Å²) in [6.45, 7) is -4.18.